The minimum atomic E-state index is -0.244. The van der Waals surface area contributed by atoms with Gasteiger partial charge in [0.25, 0.3) is 0 Å². The second-order valence-corrected chi connectivity index (χ2v) is 10.3. The van der Waals surface area contributed by atoms with Crippen LogP contribution in [-0.2, 0) is 16.2 Å². The van der Waals surface area contributed by atoms with Crippen molar-refractivity contribution in [1.82, 2.24) is 4.98 Å². The first-order chi connectivity index (χ1) is 9.73. The topological polar surface area (TPSA) is 12.9 Å². The molecule has 0 amide bonds. The summed E-state index contributed by atoms with van der Waals surface area (Å²) in [6, 6.07) is 2.16. The second-order valence-electron chi connectivity index (χ2n) is 9.23. The van der Waals surface area contributed by atoms with Crippen LogP contribution >= 0.6 is 11.3 Å². The van der Waals surface area contributed by atoms with Gasteiger partial charge in [-0.2, -0.15) is 0 Å². The molecule has 0 atom stereocenters. The molecule has 0 aliphatic carbocycles. The van der Waals surface area contributed by atoms with Crippen molar-refractivity contribution in [1.29, 1.82) is 0 Å². The van der Waals surface area contributed by atoms with Crippen LogP contribution in [0.25, 0.3) is 10.2 Å². The molecule has 3 heteroatoms. The van der Waals surface area contributed by atoms with E-state index in [1.54, 1.807) is 11.3 Å². The van der Waals surface area contributed by atoms with E-state index < -0.39 is 0 Å². The number of benzene rings is 1. The summed E-state index contributed by atoms with van der Waals surface area (Å²) in [6.07, 6.45) is 0. The predicted octanol–water partition coefficient (Wildman–Crippen LogP) is 6.33. The minimum Gasteiger partial charge on any atom is -0.238 e. The number of aromatic nitrogens is 1. The molecule has 1 aromatic heterocycles. The Morgan fingerprint density at radius 1 is 0.864 bits per heavy atom. The lowest BCUT2D eigenvalue weighted by atomic mass is 9.75. The summed E-state index contributed by atoms with van der Waals surface area (Å²) < 4.78 is 16.3. The Morgan fingerprint density at radius 3 is 1.82 bits per heavy atom. The van der Waals surface area contributed by atoms with Crippen LogP contribution in [-0.4, -0.2) is 4.98 Å². The average Bonchev–Trinajstić information content (AvgIpc) is 2.69. The number of halogens is 1. The smallest absolute Gasteiger partial charge is 0.154 e. The zero-order valence-corrected chi connectivity index (χ0v) is 16.1. The van der Waals surface area contributed by atoms with Crippen molar-refractivity contribution in [3.05, 3.63) is 28.0 Å². The number of nitrogens with zero attached hydrogens (tertiary/aromatic N) is 1. The Morgan fingerprint density at radius 2 is 1.41 bits per heavy atom. The maximum atomic E-state index is 15.3. The van der Waals surface area contributed by atoms with Gasteiger partial charge in [-0.25, -0.2) is 9.37 Å². The first kappa shape index (κ1) is 17.4. The molecule has 0 bridgehead atoms. The zero-order valence-electron chi connectivity index (χ0n) is 15.3. The van der Waals surface area contributed by atoms with E-state index in [2.05, 4.69) is 73.4 Å². The standard InChI is InChI=1S/C19H28FNS/c1-17(2,3)11-10-12-15(14(20)13(11)18(4,5)6)21-16(22-12)19(7,8)9/h10H,1-9H3. The van der Waals surface area contributed by atoms with Gasteiger partial charge < -0.3 is 0 Å². The van der Waals surface area contributed by atoms with Crippen molar-refractivity contribution < 1.29 is 4.39 Å². The van der Waals surface area contributed by atoms with Crippen LogP contribution in [0.15, 0.2) is 6.07 Å². The molecular formula is C19H28FNS. The number of thiazole rings is 1. The molecule has 2 rings (SSSR count). The van der Waals surface area contributed by atoms with Gasteiger partial charge >= 0.3 is 0 Å². The Bertz CT molecular complexity index is 706. The fourth-order valence-electron chi connectivity index (χ4n) is 2.67. The Balaban J connectivity index is 2.90. The average molecular weight is 322 g/mol. The first-order valence-electron chi connectivity index (χ1n) is 7.87. The lowest BCUT2D eigenvalue weighted by Gasteiger charge is -2.30. The molecule has 1 nitrogen and oxygen atoms in total. The summed E-state index contributed by atoms with van der Waals surface area (Å²) in [5.74, 6) is -0.137. The second kappa shape index (κ2) is 5.02. The third kappa shape index (κ3) is 3.05. The van der Waals surface area contributed by atoms with Crippen molar-refractivity contribution >= 4 is 21.6 Å². The fourth-order valence-corrected chi connectivity index (χ4v) is 3.73. The summed E-state index contributed by atoms with van der Waals surface area (Å²) in [5, 5.41) is 0.993. The third-order valence-corrected chi connectivity index (χ3v) is 5.25. The molecular weight excluding hydrogens is 293 g/mol. The molecule has 122 valence electrons. The maximum absolute atomic E-state index is 15.3. The zero-order chi connectivity index (χ0) is 17.1. The monoisotopic (exact) mass is 321 g/mol. The van der Waals surface area contributed by atoms with Gasteiger partial charge in [0, 0.05) is 5.41 Å². The maximum Gasteiger partial charge on any atom is 0.154 e. The van der Waals surface area contributed by atoms with Crippen LogP contribution in [0.1, 0.15) is 78.4 Å². The Kier molecular flexibility index (Phi) is 3.97. The molecule has 0 spiro atoms. The molecule has 0 saturated heterocycles. The van der Waals surface area contributed by atoms with Gasteiger partial charge in [0.2, 0.25) is 0 Å². The van der Waals surface area contributed by atoms with E-state index in [9.17, 15) is 0 Å². The van der Waals surface area contributed by atoms with Crippen LogP contribution in [0.2, 0.25) is 0 Å². The van der Waals surface area contributed by atoms with Crippen LogP contribution < -0.4 is 0 Å². The SMILES string of the molecule is CC(C)(C)c1nc2c(F)c(C(C)(C)C)c(C(C)(C)C)cc2s1. The van der Waals surface area contributed by atoms with Gasteiger partial charge in [-0.15, -0.1) is 11.3 Å². The normalized spacial score (nSPS) is 13.9. The van der Waals surface area contributed by atoms with Crippen LogP contribution in [0.3, 0.4) is 0 Å². The van der Waals surface area contributed by atoms with Crippen LogP contribution in [0, 0.1) is 5.82 Å². The van der Waals surface area contributed by atoms with E-state index in [4.69, 9.17) is 0 Å². The van der Waals surface area contributed by atoms with Gasteiger partial charge in [0.15, 0.2) is 5.82 Å². The fraction of sp³-hybridized carbons (Fsp3) is 0.632. The third-order valence-electron chi connectivity index (χ3n) is 3.83. The number of hydrogen-bond donors (Lipinski definition) is 0. The summed E-state index contributed by atoms with van der Waals surface area (Å²) >= 11 is 1.62. The summed E-state index contributed by atoms with van der Waals surface area (Å²) in [7, 11) is 0. The molecule has 22 heavy (non-hydrogen) atoms. The highest BCUT2D eigenvalue weighted by Gasteiger charge is 2.31. The van der Waals surface area contributed by atoms with Crippen molar-refractivity contribution in [3.8, 4) is 0 Å². The lowest BCUT2D eigenvalue weighted by molar-refractivity contribution is 0.491. The quantitative estimate of drug-likeness (QED) is 0.552. The lowest BCUT2D eigenvalue weighted by Crippen LogP contribution is -2.23. The molecule has 1 aromatic carbocycles. The molecule has 2 aromatic rings. The van der Waals surface area contributed by atoms with Gasteiger partial charge in [-0.05, 0) is 28.0 Å². The molecule has 0 saturated carbocycles. The predicted molar refractivity (Wildman–Crippen MR) is 95.7 cm³/mol. The van der Waals surface area contributed by atoms with E-state index >= 15 is 4.39 Å². The van der Waals surface area contributed by atoms with Gasteiger partial charge in [0.05, 0.1) is 9.71 Å². The molecule has 0 unspecified atom stereocenters. The van der Waals surface area contributed by atoms with E-state index in [1.165, 1.54) is 0 Å². The van der Waals surface area contributed by atoms with Crippen molar-refractivity contribution in [2.75, 3.05) is 0 Å². The van der Waals surface area contributed by atoms with Gasteiger partial charge in [0.1, 0.15) is 5.52 Å². The largest absolute Gasteiger partial charge is 0.238 e. The molecule has 0 aliphatic rings. The molecule has 0 N–H and O–H groups in total. The first-order valence-corrected chi connectivity index (χ1v) is 8.69. The molecule has 1 heterocycles. The van der Waals surface area contributed by atoms with Crippen LogP contribution in [0.5, 0.6) is 0 Å². The minimum absolute atomic E-state index is 0.0556. The van der Waals surface area contributed by atoms with E-state index in [1.807, 2.05) is 0 Å². The molecule has 0 fully saturated rings. The Labute approximate surface area is 138 Å². The van der Waals surface area contributed by atoms with E-state index in [-0.39, 0.29) is 22.1 Å². The highest BCUT2D eigenvalue weighted by molar-refractivity contribution is 7.18. The summed E-state index contributed by atoms with van der Waals surface area (Å²) in [5.41, 5.74) is 2.04. The Hall–Kier alpha value is -0.960. The number of rotatable bonds is 0. The van der Waals surface area contributed by atoms with E-state index in [0.717, 1.165) is 20.8 Å². The highest BCUT2D eigenvalue weighted by Crippen LogP contribution is 2.41. The highest BCUT2D eigenvalue weighted by atomic mass is 32.1. The van der Waals surface area contributed by atoms with Crippen LogP contribution in [0.4, 0.5) is 4.39 Å². The van der Waals surface area contributed by atoms with Gasteiger partial charge in [-0.3, -0.25) is 0 Å². The molecule has 0 aliphatic heterocycles. The molecule has 0 radical (unpaired) electrons. The van der Waals surface area contributed by atoms with E-state index in [0.29, 0.717) is 5.52 Å². The van der Waals surface area contributed by atoms with Gasteiger partial charge in [-0.1, -0.05) is 62.3 Å². The summed E-state index contributed by atoms with van der Waals surface area (Å²) in [4.78, 5) is 4.62. The number of fused-ring (bicyclic) bond motifs is 1. The number of hydrogen-bond acceptors (Lipinski definition) is 2. The summed E-state index contributed by atoms with van der Waals surface area (Å²) in [6.45, 7) is 19.0. The van der Waals surface area contributed by atoms with Crippen molar-refractivity contribution in [2.24, 2.45) is 0 Å². The van der Waals surface area contributed by atoms with Crippen molar-refractivity contribution in [2.45, 2.75) is 78.6 Å². The van der Waals surface area contributed by atoms with Crippen molar-refractivity contribution in [3.63, 3.8) is 0 Å².